The smallest absolute Gasteiger partial charge is 0.303 e. The van der Waals surface area contributed by atoms with E-state index in [9.17, 15) is 95.2 Å². The van der Waals surface area contributed by atoms with Crippen LogP contribution in [0.25, 0.3) is 0 Å². The van der Waals surface area contributed by atoms with Crippen LogP contribution in [0.3, 0.4) is 0 Å². The first kappa shape index (κ1) is 101. The number of hydrogen-bond donors (Lipinski definition) is 13. The molecule has 0 aromatic heterocycles. The third kappa shape index (κ3) is 14.8. The van der Waals surface area contributed by atoms with Gasteiger partial charge in [0.2, 0.25) is 0 Å². The third-order valence-electron chi connectivity index (χ3n) is 26.5. The van der Waals surface area contributed by atoms with E-state index in [1.54, 1.807) is 82.4 Å². The Bertz CT molecular complexity index is 3390. The molecule has 3 saturated heterocycles. The molecule has 9 fully saturated rings. The molecule has 6 radical (unpaired) electrons. The van der Waals surface area contributed by atoms with Gasteiger partial charge in [0.25, 0.3) is 0 Å². The van der Waals surface area contributed by atoms with Crippen LogP contribution in [-0.4, -0.2) is 245 Å². The van der Waals surface area contributed by atoms with E-state index in [1.807, 2.05) is 0 Å². The zero-order valence-electron chi connectivity index (χ0n) is 60.4. The fourth-order valence-electron chi connectivity index (χ4n) is 20.6. The van der Waals surface area contributed by atoms with Crippen LogP contribution in [0.5, 0.6) is 0 Å². The van der Waals surface area contributed by atoms with E-state index >= 15 is 0 Å². The summed E-state index contributed by atoms with van der Waals surface area (Å²) >= 11 is 6.95. The van der Waals surface area contributed by atoms with Crippen LogP contribution < -0.4 is 0 Å². The number of aliphatic hydroxyl groups is 13. The van der Waals surface area contributed by atoms with Gasteiger partial charge in [-0.3, -0.25) is 28.8 Å². The van der Waals surface area contributed by atoms with Crippen LogP contribution in [-0.2, 0) is 57.2 Å². The topological polar surface area (TPSA) is 421 Å². The standard InChI is InChI=1S/C24H34O8S2.C22H32O9.C22H32O8.CH4.6Ac/c1-10-13(26)8-24(30)19(32-11(2)25)17-22(5,18(28)16(27)15(10)21(24,3)4)12(20(33)34-6)7-14-23(17,29)9-31-14;1-9-11(24)7-22(29)18(31-10(2)23)16-20(5,12(25)6-13-21(16,28)8-30-13)17(27)15(26)14(9)19(22,3)4;1-10-12(24)8-22(28)18(30-11(2)23)16-20(5,7-6-13-21(16,27)9-29-13)17(26)15(25)14(10)19(22,3)4;;;;;;;/h12-14,16-17,19,26-27,29-30H,7-9H2,1-6H3;11-13,15-16,18,24-26,28-29H,6-8H2,1-5H3;12-13,15-16,18,24-25,27-28H,6-9H2,1-5H3;1H4;;;;;;/t12-,13+,14-,16-,17+,19+,22-,23+,24-;11-,12-,13+,15+,16-,18-,20+,21-,22+;12-,13+,15+,16-,18-,20+,21-,22+;;;;;;;/m100......./s1. The van der Waals surface area contributed by atoms with Crippen molar-refractivity contribution in [3.8, 4) is 0 Å². The van der Waals surface area contributed by atoms with Gasteiger partial charge in [0.05, 0.1) is 72.2 Å². The Morgan fingerprint density at radius 3 is 1.08 bits per heavy atom. The largest absolute Gasteiger partial charge is 0.459 e. The maximum absolute atomic E-state index is 14.3. The fraction of sp³-hybridized carbons (Fsp3) is 0.812. The Hall–Kier alpha value is 5.09. The summed E-state index contributed by atoms with van der Waals surface area (Å²) in [7, 11) is 0. The first-order valence-electron chi connectivity index (χ1n) is 32.8. The van der Waals surface area contributed by atoms with Gasteiger partial charge in [-0.05, 0) is 86.7 Å². The Balaban J connectivity index is 0.000000385. The summed E-state index contributed by atoms with van der Waals surface area (Å²) in [5.41, 5.74) is -16.9. The summed E-state index contributed by atoms with van der Waals surface area (Å²) < 4.78 is 34.3. The molecule has 13 N–H and O–H groups in total. The normalized spacial score (nSPS) is 46.0. The summed E-state index contributed by atoms with van der Waals surface area (Å²) in [6.07, 6.45) is -13.7. The minimum Gasteiger partial charge on any atom is -0.459 e. The van der Waals surface area contributed by atoms with E-state index in [2.05, 4.69) is 0 Å². The number of thiocarbonyl (C=S) groups is 1. The summed E-state index contributed by atoms with van der Waals surface area (Å²) in [6, 6.07) is 0. The maximum Gasteiger partial charge on any atom is 0.303 e. The Morgan fingerprint density at radius 1 is 0.471 bits per heavy atom. The van der Waals surface area contributed by atoms with E-state index in [4.69, 9.17) is 40.6 Å². The van der Waals surface area contributed by atoms with Crippen molar-refractivity contribution in [3.63, 3.8) is 0 Å². The van der Waals surface area contributed by atoms with Crippen molar-refractivity contribution in [2.45, 2.75) is 269 Å². The molecular weight excluding hydrogens is 2650 g/mol. The number of esters is 3. The molecule has 33 heteroatoms. The van der Waals surface area contributed by atoms with Gasteiger partial charge in [0.15, 0.2) is 17.3 Å². The molecule has 25 nitrogen and oxygen atoms in total. The van der Waals surface area contributed by atoms with Crippen LogP contribution in [0.1, 0.15) is 156 Å². The van der Waals surface area contributed by atoms with Crippen LogP contribution in [0.2, 0.25) is 0 Å². The van der Waals surface area contributed by atoms with Crippen molar-refractivity contribution in [1.82, 2.24) is 0 Å². The average molecular weight is 2760 g/mol. The van der Waals surface area contributed by atoms with Gasteiger partial charge in [-0.15, -0.1) is 11.8 Å². The zero-order chi connectivity index (χ0) is 71.3. The van der Waals surface area contributed by atoms with Gasteiger partial charge in [-0.1, -0.05) is 75.0 Å². The molecule has 0 aromatic rings. The van der Waals surface area contributed by atoms with E-state index in [0.717, 1.165) is 6.92 Å². The van der Waals surface area contributed by atoms with E-state index in [0.29, 0.717) is 33.8 Å². The monoisotopic (exact) mass is 2760 g/mol. The number of hydrogen-bond acceptors (Lipinski definition) is 27. The Labute approximate surface area is 821 Å². The minimum atomic E-state index is -1.95. The quantitative estimate of drug-likeness (QED) is 0.0815. The van der Waals surface area contributed by atoms with Crippen molar-refractivity contribution in [2.75, 3.05) is 26.1 Å². The van der Waals surface area contributed by atoms with E-state index in [-0.39, 0.29) is 340 Å². The van der Waals surface area contributed by atoms with Gasteiger partial charge >= 0.3 is 17.9 Å². The van der Waals surface area contributed by atoms with Crippen molar-refractivity contribution in [2.24, 2.45) is 56.2 Å². The van der Waals surface area contributed by atoms with Crippen molar-refractivity contribution >= 4 is 63.4 Å². The molecule has 9 aliphatic carbocycles. The molecule has 12 aliphatic rings. The number of carbonyl (C=O) groups is 6. The molecule has 0 amide bonds. The Morgan fingerprint density at radius 2 is 0.765 bits per heavy atom. The number of fused-ring (bicyclic) bond motifs is 15. The van der Waals surface area contributed by atoms with Crippen LogP contribution in [0, 0.1) is 321 Å². The molecule has 0 aromatic carbocycles. The second-order valence-corrected chi connectivity index (χ2v) is 33.4. The number of ketones is 3. The van der Waals surface area contributed by atoms with Crippen LogP contribution >= 0.6 is 24.0 Å². The molecule has 558 valence electrons. The first-order valence-corrected chi connectivity index (χ1v) is 34.4. The van der Waals surface area contributed by atoms with Crippen molar-refractivity contribution in [1.29, 1.82) is 0 Å². The maximum atomic E-state index is 14.3. The third-order valence-corrected chi connectivity index (χ3v) is 27.9. The van der Waals surface area contributed by atoms with Gasteiger partial charge in [0.1, 0.15) is 70.2 Å². The van der Waals surface area contributed by atoms with Gasteiger partial charge < -0.3 is 94.8 Å². The number of carbonyl (C=O) groups excluding carboxylic acids is 6. The fourth-order valence-corrected chi connectivity index (χ4v) is 21.6. The van der Waals surface area contributed by atoms with Crippen LogP contribution in [0.4, 0.5) is 0 Å². The van der Waals surface area contributed by atoms with E-state index < -0.39 is 204 Å². The van der Waals surface area contributed by atoms with Crippen molar-refractivity contribution in [3.05, 3.63) is 33.4 Å². The zero-order valence-corrected chi connectivity index (χ0v) is 90.5. The number of ether oxygens (including phenoxy) is 6. The van der Waals surface area contributed by atoms with Gasteiger partial charge in [0, 0.05) is 362 Å². The van der Waals surface area contributed by atoms with Crippen molar-refractivity contribution < 1.29 is 388 Å². The molecule has 6 saturated carbocycles. The summed E-state index contributed by atoms with van der Waals surface area (Å²) in [6.45, 7) is 22.7. The number of rotatable bonds is 4. The predicted molar refractivity (Wildman–Crippen MR) is 346 cm³/mol. The molecule has 0 spiro atoms. The number of thioether (sulfide) groups is 1. The summed E-state index contributed by atoms with van der Waals surface area (Å²) in [5, 5.41) is 149. The number of Topliss-reactive ketones (excluding diaryl/α,β-unsaturated/α-hetero) is 3. The Kier molecular flexibility index (Phi) is 34.3. The number of aliphatic hydroxyl groups excluding tert-OH is 7. The molecular formula is C69H102Ac6O25S2. The molecule has 26 atom stereocenters. The molecule has 3 heterocycles. The SMILES string of the molecule is C.CC(=O)O[C@H]1[C@@H]2[C@]3(O)CO[C@@H]3CC[C@@]2(C)C(=O)[C@H](O)C2=C(C)[C@@H](O)C[C@]1(O)C2(C)C.CC(=O)O[C@H]1[C@@H]2[C@]3(O)CO[C@@H]3C[C@H](O)[C@@]2(C)C(=O)[C@H](O)C2=C(C)[C@@H](O)C[C@]1(O)C2(C)C.CSC(=S)[C@H]1C[C@H]2OC[C@@]2(O)[C@H]2[C@H](OC(C)=O)[C@]3(O)C[C@H](O)C(C)=C([C@@H](O)C(=O)[C@]12C)C3(C)C.[Ac].[Ac].[Ac].[Ac].[Ac].[Ac]. The minimum absolute atomic E-state index is 0. The average Bonchev–Trinajstić information content (AvgIpc) is 0.686. The summed E-state index contributed by atoms with van der Waals surface area (Å²) in [4.78, 5) is 78.5. The first-order chi connectivity index (χ1) is 43.4. The van der Waals surface area contributed by atoms with Gasteiger partial charge in [-0.25, -0.2) is 0 Å². The molecule has 102 heavy (non-hydrogen) atoms. The van der Waals surface area contributed by atoms with E-state index in [1.165, 1.54) is 32.5 Å². The van der Waals surface area contributed by atoms with Crippen LogP contribution in [0.15, 0.2) is 33.4 Å². The molecule has 6 bridgehead atoms. The second-order valence-electron chi connectivity index (χ2n) is 31.9. The summed E-state index contributed by atoms with van der Waals surface area (Å²) in [5.74, 6) is -7.92. The molecule has 3 aliphatic heterocycles. The van der Waals surface area contributed by atoms with Gasteiger partial charge in [-0.2, -0.15) is 0 Å². The molecule has 0 unspecified atom stereocenters. The molecule has 12 rings (SSSR count). The second kappa shape index (κ2) is 34.6. The predicted octanol–water partition coefficient (Wildman–Crippen LogP) is 1.26.